The van der Waals surface area contributed by atoms with Gasteiger partial charge in [0.05, 0.1) is 5.69 Å². The van der Waals surface area contributed by atoms with Crippen molar-refractivity contribution in [1.29, 1.82) is 0 Å². The van der Waals surface area contributed by atoms with Crippen molar-refractivity contribution in [1.82, 2.24) is 15.0 Å². The molecule has 2 aromatic heterocycles. The van der Waals surface area contributed by atoms with E-state index in [1.54, 1.807) is 12.4 Å². The van der Waals surface area contributed by atoms with E-state index in [0.717, 1.165) is 28.4 Å². The predicted octanol–water partition coefficient (Wildman–Crippen LogP) is 4.22. The molecule has 1 aliphatic rings. The molecule has 4 rings (SSSR count). The minimum absolute atomic E-state index is 0.163. The third kappa shape index (κ3) is 4.08. The average molecular weight is 363 g/mol. The van der Waals surface area contributed by atoms with Crippen molar-refractivity contribution < 1.29 is 9.47 Å². The fourth-order valence-electron chi connectivity index (χ4n) is 2.69. The second-order valence-electron chi connectivity index (χ2n) is 7.27. The Morgan fingerprint density at radius 1 is 1.00 bits per heavy atom. The van der Waals surface area contributed by atoms with E-state index in [-0.39, 0.29) is 12.3 Å². The SMILES string of the molecule is CC(C)(C)Nc1nc(Nc2ccc3c(c2)OCO3)cc(-c2cccnc2)n1. The lowest BCUT2D eigenvalue weighted by Crippen LogP contribution is -2.27. The van der Waals surface area contributed by atoms with E-state index in [0.29, 0.717) is 11.8 Å². The molecule has 7 nitrogen and oxygen atoms in total. The van der Waals surface area contributed by atoms with Crippen molar-refractivity contribution in [2.75, 3.05) is 17.4 Å². The molecule has 0 radical (unpaired) electrons. The van der Waals surface area contributed by atoms with E-state index in [9.17, 15) is 0 Å². The van der Waals surface area contributed by atoms with Gasteiger partial charge >= 0.3 is 0 Å². The van der Waals surface area contributed by atoms with Gasteiger partial charge in [0.15, 0.2) is 11.5 Å². The summed E-state index contributed by atoms with van der Waals surface area (Å²) in [5.74, 6) is 2.69. The Balaban J connectivity index is 1.69. The van der Waals surface area contributed by atoms with Crippen molar-refractivity contribution in [3.8, 4) is 22.8 Å². The van der Waals surface area contributed by atoms with E-state index in [2.05, 4.69) is 46.4 Å². The minimum atomic E-state index is -0.163. The van der Waals surface area contributed by atoms with Crippen LogP contribution >= 0.6 is 0 Å². The highest BCUT2D eigenvalue weighted by molar-refractivity contribution is 5.68. The van der Waals surface area contributed by atoms with Gasteiger partial charge < -0.3 is 20.1 Å². The molecule has 0 atom stereocenters. The number of aromatic nitrogens is 3. The van der Waals surface area contributed by atoms with E-state index >= 15 is 0 Å². The van der Waals surface area contributed by atoms with Gasteiger partial charge in [-0.25, -0.2) is 4.98 Å². The molecule has 2 N–H and O–H groups in total. The lowest BCUT2D eigenvalue weighted by molar-refractivity contribution is 0.174. The first-order valence-corrected chi connectivity index (χ1v) is 8.71. The number of anilines is 3. The zero-order valence-electron chi connectivity index (χ0n) is 15.5. The lowest BCUT2D eigenvalue weighted by Gasteiger charge is -2.21. The first-order chi connectivity index (χ1) is 13.0. The molecular weight excluding hydrogens is 342 g/mol. The van der Waals surface area contributed by atoms with Gasteiger partial charge in [-0.3, -0.25) is 4.98 Å². The molecule has 1 aliphatic heterocycles. The molecule has 0 amide bonds. The Morgan fingerprint density at radius 2 is 1.85 bits per heavy atom. The fraction of sp³-hybridized carbons (Fsp3) is 0.250. The molecule has 0 unspecified atom stereocenters. The van der Waals surface area contributed by atoms with Crippen LogP contribution in [0.1, 0.15) is 20.8 Å². The van der Waals surface area contributed by atoms with Crippen LogP contribution in [0.4, 0.5) is 17.5 Å². The van der Waals surface area contributed by atoms with Gasteiger partial charge in [0.2, 0.25) is 12.7 Å². The molecular formula is C20H21N5O2. The van der Waals surface area contributed by atoms with Crippen molar-refractivity contribution in [3.63, 3.8) is 0 Å². The number of hydrogen-bond donors (Lipinski definition) is 2. The molecule has 1 aromatic carbocycles. The molecule has 27 heavy (non-hydrogen) atoms. The predicted molar refractivity (Wildman–Crippen MR) is 104 cm³/mol. The summed E-state index contributed by atoms with van der Waals surface area (Å²) in [6.07, 6.45) is 3.53. The third-order valence-corrected chi connectivity index (χ3v) is 3.82. The zero-order chi connectivity index (χ0) is 18.9. The van der Waals surface area contributed by atoms with Crippen molar-refractivity contribution >= 4 is 17.5 Å². The van der Waals surface area contributed by atoms with E-state index in [1.807, 2.05) is 36.4 Å². The summed E-state index contributed by atoms with van der Waals surface area (Å²) in [7, 11) is 0. The summed E-state index contributed by atoms with van der Waals surface area (Å²) in [4.78, 5) is 13.4. The second-order valence-corrected chi connectivity index (χ2v) is 7.27. The highest BCUT2D eigenvalue weighted by atomic mass is 16.7. The van der Waals surface area contributed by atoms with E-state index < -0.39 is 0 Å². The third-order valence-electron chi connectivity index (χ3n) is 3.82. The summed E-state index contributed by atoms with van der Waals surface area (Å²) in [5, 5.41) is 6.65. The summed E-state index contributed by atoms with van der Waals surface area (Å²) in [6, 6.07) is 11.5. The molecule has 138 valence electrons. The van der Waals surface area contributed by atoms with Crippen LogP contribution in [0.2, 0.25) is 0 Å². The number of nitrogens with one attached hydrogen (secondary N) is 2. The summed E-state index contributed by atoms with van der Waals surface area (Å²) in [6.45, 7) is 6.45. The normalized spacial score (nSPS) is 12.7. The van der Waals surface area contributed by atoms with Gasteiger partial charge in [0, 0.05) is 41.3 Å². The van der Waals surface area contributed by atoms with Crippen molar-refractivity contribution in [3.05, 3.63) is 48.8 Å². The summed E-state index contributed by atoms with van der Waals surface area (Å²) >= 11 is 0. The minimum Gasteiger partial charge on any atom is -0.454 e. The Labute approximate surface area is 157 Å². The summed E-state index contributed by atoms with van der Waals surface area (Å²) in [5.41, 5.74) is 2.40. The van der Waals surface area contributed by atoms with Crippen LogP contribution in [0.15, 0.2) is 48.8 Å². The van der Waals surface area contributed by atoms with Crippen LogP contribution in [0.3, 0.4) is 0 Å². The molecule has 3 aromatic rings. The monoisotopic (exact) mass is 363 g/mol. The quantitative estimate of drug-likeness (QED) is 0.718. The molecule has 0 fully saturated rings. The van der Waals surface area contributed by atoms with Crippen LogP contribution in [-0.4, -0.2) is 27.3 Å². The van der Waals surface area contributed by atoms with Crippen LogP contribution in [0, 0.1) is 0 Å². The van der Waals surface area contributed by atoms with Crippen molar-refractivity contribution in [2.24, 2.45) is 0 Å². The highest BCUT2D eigenvalue weighted by Gasteiger charge is 2.16. The smallest absolute Gasteiger partial charge is 0.231 e. The number of rotatable bonds is 4. The molecule has 0 saturated heterocycles. The largest absolute Gasteiger partial charge is 0.454 e. The van der Waals surface area contributed by atoms with Crippen LogP contribution in [-0.2, 0) is 0 Å². The Hall–Kier alpha value is -3.35. The molecule has 0 saturated carbocycles. The molecule has 0 bridgehead atoms. The van der Waals surface area contributed by atoms with Crippen LogP contribution in [0.5, 0.6) is 11.5 Å². The lowest BCUT2D eigenvalue weighted by atomic mass is 10.1. The highest BCUT2D eigenvalue weighted by Crippen LogP contribution is 2.35. The second kappa shape index (κ2) is 6.75. The number of nitrogens with zero attached hydrogens (tertiary/aromatic N) is 3. The summed E-state index contributed by atoms with van der Waals surface area (Å²) < 4.78 is 10.8. The van der Waals surface area contributed by atoms with Crippen LogP contribution < -0.4 is 20.1 Å². The number of benzene rings is 1. The first-order valence-electron chi connectivity index (χ1n) is 8.71. The van der Waals surface area contributed by atoms with Gasteiger partial charge in [-0.15, -0.1) is 0 Å². The van der Waals surface area contributed by atoms with Gasteiger partial charge in [-0.1, -0.05) is 0 Å². The standard InChI is InChI=1S/C20H21N5O2/c1-20(2,3)25-19-23-15(13-5-4-8-21-11-13)10-18(24-19)22-14-6-7-16-17(9-14)27-12-26-16/h4-11H,12H2,1-3H3,(H2,22,23,24,25). The number of hydrogen-bond acceptors (Lipinski definition) is 7. The maximum atomic E-state index is 5.44. The number of ether oxygens (including phenoxy) is 2. The number of fused-ring (bicyclic) bond motifs is 1. The van der Waals surface area contributed by atoms with Gasteiger partial charge in [0.25, 0.3) is 0 Å². The topological polar surface area (TPSA) is 81.2 Å². The Bertz CT molecular complexity index is 954. The molecule has 7 heteroatoms. The van der Waals surface area contributed by atoms with E-state index in [4.69, 9.17) is 9.47 Å². The van der Waals surface area contributed by atoms with Gasteiger partial charge in [-0.05, 0) is 45.0 Å². The molecule has 0 aliphatic carbocycles. The Morgan fingerprint density at radius 3 is 2.63 bits per heavy atom. The zero-order valence-corrected chi connectivity index (χ0v) is 15.5. The first kappa shape index (κ1) is 17.1. The van der Waals surface area contributed by atoms with Gasteiger partial charge in [-0.2, -0.15) is 4.98 Å². The van der Waals surface area contributed by atoms with Crippen LogP contribution in [0.25, 0.3) is 11.3 Å². The maximum Gasteiger partial charge on any atom is 0.231 e. The van der Waals surface area contributed by atoms with Crippen molar-refractivity contribution in [2.45, 2.75) is 26.3 Å². The maximum absolute atomic E-state index is 5.44. The Kier molecular flexibility index (Phi) is 4.27. The number of pyridine rings is 1. The molecule has 0 spiro atoms. The fourth-order valence-corrected chi connectivity index (χ4v) is 2.69. The average Bonchev–Trinajstić information content (AvgIpc) is 3.08. The van der Waals surface area contributed by atoms with E-state index in [1.165, 1.54) is 0 Å². The molecule has 3 heterocycles. The van der Waals surface area contributed by atoms with Gasteiger partial charge in [0.1, 0.15) is 5.82 Å².